The van der Waals surface area contributed by atoms with Crippen molar-refractivity contribution >= 4 is 29.9 Å². The van der Waals surface area contributed by atoms with Crippen molar-refractivity contribution in [3.63, 3.8) is 0 Å². The average molecular weight is 418 g/mol. The summed E-state index contributed by atoms with van der Waals surface area (Å²) < 4.78 is 10.8. The minimum Gasteiger partial charge on any atom is -0.454 e. The molecule has 1 aromatic rings. The molecule has 0 radical (unpaired) electrons. The van der Waals surface area contributed by atoms with E-state index in [4.69, 9.17) is 15.2 Å². The van der Waals surface area contributed by atoms with Crippen molar-refractivity contribution in [3.8, 4) is 11.5 Å². The van der Waals surface area contributed by atoms with Gasteiger partial charge in [-0.3, -0.25) is 9.89 Å². The monoisotopic (exact) mass is 418 g/mol. The van der Waals surface area contributed by atoms with Crippen LogP contribution in [-0.4, -0.2) is 55.3 Å². The van der Waals surface area contributed by atoms with Gasteiger partial charge in [-0.1, -0.05) is 6.07 Å². The molecule has 0 bridgehead atoms. The molecule has 6 nitrogen and oxygen atoms in total. The van der Waals surface area contributed by atoms with Crippen LogP contribution in [0.3, 0.4) is 0 Å². The highest BCUT2D eigenvalue weighted by atomic mass is 127. The number of halogens is 1. The van der Waals surface area contributed by atoms with E-state index in [2.05, 4.69) is 26.9 Å². The molecular weight excluding hydrogens is 395 g/mol. The number of benzene rings is 1. The summed E-state index contributed by atoms with van der Waals surface area (Å²) in [7, 11) is 0. The van der Waals surface area contributed by atoms with Gasteiger partial charge in [0, 0.05) is 39.3 Å². The molecule has 22 heavy (non-hydrogen) atoms. The maximum atomic E-state index is 5.95. The first-order chi connectivity index (χ1) is 10.3. The second-order valence-electron chi connectivity index (χ2n) is 5.28. The summed E-state index contributed by atoms with van der Waals surface area (Å²) in [5.74, 6) is 2.36. The Hall–Kier alpha value is -1.22. The molecule has 1 aromatic carbocycles. The predicted octanol–water partition coefficient (Wildman–Crippen LogP) is 1.49. The molecule has 0 saturated carbocycles. The van der Waals surface area contributed by atoms with Crippen molar-refractivity contribution in [2.45, 2.75) is 13.5 Å². The summed E-state index contributed by atoms with van der Waals surface area (Å²) in [6.07, 6.45) is 0. The van der Waals surface area contributed by atoms with Gasteiger partial charge in [-0.15, -0.1) is 24.0 Å². The Morgan fingerprint density at radius 3 is 2.64 bits per heavy atom. The third kappa shape index (κ3) is 3.95. The number of ether oxygens (including phenoxy) is 2. The van der Waals surface area contributed by atoms with Gasteiger partial charge in [0.1, 0.15) is 0 Å². The van der Waals surface area contributed by atoms with E-state index in [1.54, 1.807) is 0 Å². The quantitative estimate of drug-likeness (QED) is 0.458. The van der Waals surface area contributed by atoms with Crippen LogP contribution in [0, 0.1) is 0 Å². The van der Waals surface area contributed by atoms with Crippen LogP contribution in [0.1, 0.15) is 12.5 Å². The fourth-order valence-electron chi connectivity index (χ4n) is 2.69. The second kappa shape index (κ2) is 7.87. The lowest BCUT2D eigenvalue weighted by Gasteiger charge is -2.35. The lowest BCUT2D eigenvalue weighted by atomic mass is 10.1. The van der Waals surface area contributed by atoms with Gasteiger partial charge in [0.05, 0.1) is 0 Å². The van der Waals surface area contributed by atoms with Crippen LogP contribution < -0.4 is 15.2 Å². The van der Waals surface area contributed by atoms with Crippen LogP contribution in [0.15, 0.2) is 23.2 Å². The summed E-state index contributed by atoms with van der Waals surface area (Å²) in [6, 6.07) is 6.16. The first kappa shape index (κ1) is 17.1. The topological polar surface area (TPSA) is 63.3 Å². The molecule has 7 heteroatoms. The van der Waals surface area contributed by atoms with Gasteiger partial charge < -0.3 is 20.1 Å². The molecule has 0 aromatic heterocycles. The number of aliphatic imine (C=N–C) groups is 1. The maximum Gasteiger partial charge on any atom is 0.231 e. The Kier molecular flexibility index (Phi) is 6.13. The van der Waals surface area contributed by atoms with Crippen LogP contribution in [0.4, 0.5) is 0 Å². The molecule has 122 valence electrons. The number of rotatable bonds is 3. The zero-order valence-electron chi connectivity index (χ0n) is 12.8. The van der Waals surface area contributed by atoms with Crippen molar-refractivity contribution in [1.82, 2.24) is 9.80 Å². The fraction of sp³-hybridized carbons (Fsp3) is 0.533. The molecular formula is C15H23IN4O2. The van der Waals surface area contributed by atoms with Crippen LogP contribution in [0.5, 0.6) is 11.5 Å². The molecule has 0 atom stereocenters. The summed E-state index contributed by atoms with van der Waals surface area (Å²) >= 11 is 0. The molecule has 2 N–H and O–H groups in total. The first-order valence-electron chi connectivity index (χ1n) is 7.42. The lowest BCUT2D eigenvalue weighted by molar-refractivity contribution is 0.172. The van der Waals surface area contributed by atoms with E-state index in [0.717, 1.165) is 50.8 Å². The van der Waals surface area contributed by atoms with E-state index < -0.39 is 0 Å². The highest BCUT2D eigenvalue weighted by molar-refractivity contribution is 14.0. The van der Waals surface area contributed by atoms with Crippen molar-refractivity contribution in [2.75, 3.05) is 39.5 Å². The molecule has 3 rings (SSSR count). The van der Waals surface area contributed by atoms with E-state index in [1.807, 2.05) is 13.0 Å². The third-order valence-corrected chi connectivity index (χ3v) is 3.86. The van der Waals surface area contributed by atoms with Gasteiger partial charge >= 0.3 is 0 Å². The minimum absolute atomic E-state index is 0. The fourth-order valence-corrected chi connectivity index (χ4v) is 2.69. The molecule has 2 aliphatic heterocycles. The highest BCUT2D eigenvalue weighted by Crippen LogP contribution is 2.32. The predicted molar refractivity (Wildman–Crippen MR) is 97.0 cm³/mol. The van der Waals surface area contributed by atoms with Crippen molar-refractivity contribution in [1.29, 1.82) is 0 Å². The summed E-state index contributed by atoms with van der Waals surface area (Å²) in [5, 5.41) is 0. The van der Waals surface area contributed by atoms with Gasteiger partial charge in [0.15, 0.2) is 17.5 Å². The second-order valence-corrected chi connectivity index (χ2v) is 5.28. The van der Waals surface area contributed by atoms with E-state index in [0.29, 0.717) is 12.8 Å². The van der Waals surface area contributed by atoms with Gasteiger partial charge in [0.25, 0.3) is 0 Å². The number of guanidine groups is 1. The highest BCUT2D eigenvalue weighted by Gasteiger charge is 2.19. The van der Waals surface area contributed by atoms with Crippen LogP contribution >= 0.6 is 24.0 Å². The van der Waals surface area contributed by atoms with Gasteiger partial charge in [-0.05, 0) is 24.6 Å². The van der Waals surface area contributed by atoms with Gasteiger partial charge in [0.2, 0.25) is 6.79 Å². The number of nitrogens with two attached hydrogens (primary N) is 1. The van der Waals surface area contributed by atoms with E-state index in [9.17, 15) is 0 Å². The Morgan fingerprint density at radius 2 is 1.91 bits per heavy atom. The van der Waals surface area contributed by atoms with Crippen molar-refractivity contribution in [2.24, 2.45) is 10.7 Å². The smallest absolute Gasteiger partial charge is 0.231 e. The average Bonchev–Trinajstić information content (AvgIpc) is 2.96. The number of nitrogens with zero attached hydrogens (tertiary/aromatic N) is 3. The van der Waals surface area contributed by atoms with E-state index >= 15 is 0 Å². The Balaban J connectivity index is 0.00000176. The SMILES string of the molecule is CCN=C(N)N1CCN(Cc2ccc3c(c2)OCO3)CC1.I. The Morgan fingerprint density at radius 1 is 1.18 bits per heavy atom. The van der Waals surface area contributed by atoms with Crippen LogP contribution in [0.2, 0.25) is 0 Å². The largest absolute Gasteiger partial charge is 0.454 e. The van der Waals surface area contributed by atoms with Crippen LogP contribution in [-0.2, 0) is 6.54 Å². The Labute approximate surface area is 148 Å². The third-order valence-electron chi connectivity index (χ3n) is 3.86. The zero-order valence-corrected chi connectivity index (χ0v) is 15.2. The number of fused-ring (bicyclic) bond motifs is 1. The summed E-state index contributed by atoms with van der Waals surface area (Å²) in [5.41, 5.74) is 7.20. The minimum atomic E-state index is 0. The Bertz CT molecular complexity index is 530. The summed E-state index contributed by atoms with van der Waals surface area (Å²) in [4.78, 5) is 8.84. The van der Waals surface area contributed by atoms with E-state index in [-0.39, 0.29) is 24.0 Å². The van der Waals surface area contributed by atoms with E-state index in [1.165, 1.54) is 5.56 Å². The van der Waals surface area contributed by atoms with Crippen molar-refractivity contribution < 1.29 is 9.47 Å². The molecule has 0 unspecified atom stereocenters. The number of hydrogen-bond acceptors (Lipinski definition) is 4. The number of piperazine rings is 1. The molecule has 1 fully saturated rings. The van der Waals surface area contributed by atoms with Gasteiger partial charge in [-0.2, -0.15) is 0 Å². The maximum absolute atomic E-state index is 5.95. The normalized spacial score (nSPS) is 18.2. The zero-order chi connectivity index (χ0) is 14.7. The lowest BCUT2D eigenvalue weighted by Crippen LogP contribution is -2.50. The molecule has 0 amide bonds. The molecule has 0 aliphatic carbocycles. The molecule has 1 saturated heterocycles. The van der Waals surface area contributed by atoms with Crippen LogP contribution in [0.25, 0.3) is 0 Å². The molecule has 0 spiro atoms. The van der Waals surface area contributed by atoms with Gasteiger partial charge in [-0.25, -0.2) is 0 Å². The van der Waals surface area contributed by atoms with Crippen molar-refractivity contribution in [3.05, 3.63) is 23.8 Å². The first-order valence-corrected chi connectivity index (χ1v) is 7.42. The molecule has 2 aliphatic rings. The molecule has 2 heterocycles. The standard InChI is InChI=1S/C15H22N4O2.HI/c1-2-17-15(16)19-7-5-18(6-8-19)10-12-3-4-13-14(9-12)21-11-20-13;/h3-4,9H,2,5-8,10-11H2,1H3,(H2,16,17);1H. The summed E-state index contributed by atoms with van der Waals surface area (Å²) in [6.45, 7) is 7.84. The number of hydrogen-bond donors (Lipinski definition) is 1.